The molecule has 7 heteroatoms. The molecule has 0 bridgehead atoms. The van der Waals surface area contributed by atoms with E-state index < -0.39 is 17.2 Å². The molecule has 1 amide bonds. The Balaban J connectivity index is 1.97. The lowest BCUT2D eigenvalue weighted by atomic mass is 10.0. The SMILES string of the molecule is CC(C)(C)N[C@]1(C=N)O[C@@]2(O)[C@@H]3CCCN3CCN2C1=O. The van der Waals surface area contributed by atoms with E-state index in [-0.39, 0.29) is 11.9 Å². The van der Waals surface area contributed by atoms with E-state index in [1.807, 2.05) is 20.8 Å². The van der Waals surface area contributed by atoms with Gasteiger partial charge in [-0.15, -0.1) is 0 Å². The Kier molecular flexibility index (Phi) is 3.18. The lowest BCUT2D eigenvalue weighted by Crippen LogP contribution is -2.65. The number of carbonyl (C=O) groups is 1. The molecule has 7 nitrogen and oxygen atoms in total. The van der Waals surface area contributed by atoms with Crippen LogP contribution >= 0.6 is 0 Å². The third-order valence-corrected chi connectivity index (χ3v) is 4.43. The molecular formula is C14H24N4O3. The zero-order valence-electron chi connectivity index (χ0n) is 12.8. The fraction of sp³-hybridized carbons (Fsp3) is 0.857. The summed E-state index contributed by atoms with van der Waals surface area (Å²) >= 11 is 0. The van der Waals surface area contributed by atoms with Crippen LogP contribution in [0.25, 0.3) is 0 Å². The largest absolute Gasteiger partial charge is 0.347 e. The van der Waals surface area contributed by atoms with Crippen LogP contribution in [0.3, 0.4) is 0 Å². The maximum atomic E-state index is 12.8. The molecule has 3 atom stereocenters. The summed E-state index contributed by atoms with van der Waals surface area (Å²) in [6.45, 7) is 7.79. The zero-order valence-corrected chi connectivity index (χ0v) is 12.8. The number of aliphatic hydroxyl groups is 1. The van der Waals surface area contributed by atoms with Gasteiger partial charge in [0, 0.05) is 18.6 Å². The van der Waals surface area contributed by atoms with Gasteiger partial charge in [0.05, 0.1) is 12.3 Å². The zero-order chi connectivity index (χ0) is 15.5. The monoisotopic (exact) mass is 296 g/mol. The van der Waals surface area contributed by atoms with Crippen LogP contribution in [0, 0.1) is 5.41 Å². The fourth-order valence-electron chi connectivity index (χ4n) is 3.70. The smallest absolute Gasteiger partial charge is 0.280 e. The topological polar surface area (TPSA) is 88.9 Å². The average molecular weight is 296 g/mol. The van der Waals surface area contributed by atoms with E-state index in [1.165, 1.54) is 4.90 Å². The molecule has 0 aromatic rings. The highest BCUT2D eigenvalue weighted by Gasteiger charge is 2.66. The molecule has 3 saturated heterocycles. The van der Waals surface area contributed by atoms with Gasteiger partial charge in [0.1, 0.15) is 0 Å². The van der Waals surface area contributed by atoms with Crippen LogP contribution < -0.4 is 5.32 Å². The van der Waals surface area contributed by atoms with Crippen molar-refractivity contribution in [3.05, 3.63) is 0 Å². The Hall–Kier alpha value is -1.02. The number of rotatable bonds is 2. The van der Waals surface area contributed by atoms with Gasteiger partial charge in [0.2, 0.25) is 5.72 Å². The number of ether oxygens (including phenoxy) is 1. The highest BCUT2D eigenvalue weighted by molar-refractivity contribution is 6.02. The summed E-state index contributed by atoms with van der Waals surface area (Å²) in [6.07, 6.45) is 2.75. The van der Waals surface area contributed by atoms with E-state index in [2.05, 4.69) is 10.2 Å². The molecule has 21 heavy (non-hydrogen) atoms. The van der Waals surface area contributed by atoms with E-state index in [4.69, 9.17) is 10.1 Å². The minimum Gasteiger partial charge on any atom is -0.347 e. The number of nitrogens with one attached hydrogen (secondary N) is 2. The second kappa shape index (κ2) is 4.49. The van der Waals surface area contributed by atoms with Gasteiger partial charge in [-0.2, -0.15) is 0 Å². The van der Waals surface area contributed by atoms with Crippen LogP contribution in [0.4, 0.5) is 0 Å². The molecule has 0 spiro atoms. The molecule has 0 aliphatic carbocycles. The van der Waals surface area contributed by atoms with Gasteiger partial charge in [-0.05, 0) is 40.2 Å². The van der Waals surface area contributed by atoms with Crippen molar-refractivity contribution in [2.24, 2.45) is 0 Å². The molecule has 3 N–H and O–H groups in total. The Morgan fingerprint density at radius 1 is 1.43 bits per heavy atom. The van der Waals surface area contributed by atoms with Crippen molar-refractivity contribution in [2.45, 2.75) is 56.8 Å². The lowest BCUT2D eigenvalue weighted by Gasteiger charge is -2.45. The predicted octanol–water partition coefficient (Wildman–Crippen LogP) is -0.297. The normalized spacial score (nSPS) is 40.3. The highest BCUT2D eigenvalue weighted by atomic mass is 16.7. The maximum absolute atomic E-state index is 12.8. The summed E-state index contributed by atoms with van der Waals surface area (Å²) in [4.78, 5) is 16.3. The van der Waals surface area contributed by atoms with Gasteiger partial charge in [-0.1, -0.05) is 0 Å². The quantitative estimate of drug-likeness (QED) is 0.609. The number of hydrogen-bond donors (Lipinski definition) is 3. The van der Waals surface area contributed by atoms with Crippen molar-refractivity contribution >= 4 is 12.1 Å². The Bertz CT molecular complexity index is 477. The second-order valence-corrected chi connectivity index (χ2v) is 7.17. The van der Waals surface area contributed by atoms with Gasteiger partial charge in [0.25, 0.3) is 11.8 Å². The van der Waals surface area contributed by atoms with E-state index in [0.29, 0.717) is 6.54 Å². The number of nitrogens with zero attached hydrogens (tertiary/aromatic N) is 2. The first kappa shape index (κ1) is 14.9. The van der Waals surface area contributed by atoms with E-state index in [9.17, 15) is 9.90 Å². The Morgan fingerprint density at radius 3 is 2.76 bits per heavy atom. The molecule has 3 heterocycles. The van der Waals surface area contributed by atoms with Crippen LogP contribution in [0.5, 0.6) is 0 Å². The van der Waals surface area contributed by atoms with Crippen molar-refractivity contribution < 1.29 is 14.6 Å². The molecule has 0 saturated carbocycles. The predicted molar refractivity (Wildman–Crippen MR) is 76.7 cm³/mol. The molecule has 3 aliphatic rings. The minimum atomic E-state index is -1.64. The van der Waals surface area contributed by atoms with Crippen LogP contribution in [-0.4, -0.2) is 69.9 Å². The Morgan fingerprint density at radius 2 is 2.14 bits per heavy atom. The number of amides is 1. The van der Waals surface area contributed by atoms with Crippen molar-refractivity contribution in [2.75, 3.05) is 19.6 Å². The first-order valence-corrected chi connectivity index (χ1v) is 7.51. The third kappa shape index (κ3) is 2.11. The van der Waals surface area contributed by atoms with Crippen molar-refractivity contribution in [3.8, 4) is 0 Å². The first-order valence-electron chi connectivity index (χ1n) is 7.51. The van der Waals surface area contributed by atoms with E-state index in [0.717, 1.165) is 32.1 Å². The number of carbonyl (C=O) groups excluding carboxylic acids is 1. The molecule has 118 valence electrons. The lowest BCUT2D eigenvalue weighted by molar-refractivity contribution is -0.308. The molecule has 0 aromatic heterocycles. The minimum absolute atomic E-state index is 0.209. The van der Waals surface area contributed by atoms with Gasteiger partial charge < -0.3 is 10.5 Å². The van der Waals surface area contributed by atoms with Crippen LogP contribution in [0.1, 0.15) is 33.6 Å². The van der Waals surface area contributed by atoms with E-state index in [1.54, 1.807) is 0 Å². The van der Waals surface area contributed by atoms with Crippen molar-refractivity contribution in [3.63, 3.8) is 0 Å². The first-order chi connectivity index (χ1) is 9.72. The number of fused-ring (bicyclic) bond motifs is 3. The fourth-order valence-corrected chi connectivity index (χ4v) is 3.70. The summed E-state index contributed by atoms with van der Waals surface area (Å²) in [5.41, 5.74) is -2.00. The average Bonchev–Trinajstić information content (AvgIpc) is 2.92. The van der Waals surface area contributed by atoms with Crippen LogP contribution in [0.2, 0.25) is 0 Å². The Labute approximate surface area is 124 Å². The third-order valence-electron chi connectivity index (χ3n) is 4.43. The molecule has 3 fully saturated rings. The van der Waals surface area contributed by atoms with Gasteiger partial charge in [-0.3, -0.25) is 24.6 Å². The number of piperazine rings is 1. The van der Waals surface area contributed by atoms with E-state index >= 15 is 0 Å². The number of hydrogen-bond acceptors (Lipinski definition) is 6. The van der Waals surface area contributed by atoms with Gasteiger partial charge in [-0.25, -0.2) is 0 Å². The van der Waals surface area contributed by atoms with Crippen LogP contribution in [-0.2, 0) is 9.53 Å². The highest BCUT2D eigenvalue weighted by Crippen LogP contribution is 2.42. The van der Waals surface area contributed by atoms with Crippen molar-refractivity contribution in [1.82, 2.24) is 15.1 Å². The molecule has 0 aromatic carbocycles. The van der Waals surface area contributed by atoms with Crippen LogP contribution in [0.15, 0.2) is 0 Å². The van der Waals surface area contributed by atoms with Crippen molar-refractivity contribution in [1.29, 1.82) is 5.41 Å². The molecular weight excluding hydrogens is 272 g/mol. The van der Waals surface area contributed by atoms with Gasteiger partial charge in [0.15, 0.2) is 0 Å². The van der Waals surface area contributed by atoms with Gasteiger partial charge >= 0.3 is 0 Å². The molecule has 3 aliphatic heterocycles. The molecule has 3 rings (SSSR count). The standard InChI is InChI=1S/C14H24N4O3/c1-12(2,3)16-13(9-15)11(19)18-8-7-17-6-4-5-10(17)14(18,20)21-13/h9-10,15-16,20H,4-8H2,1-3H3/t10-,13+,14-/m0/s1. The summed E-state index contributed by atoms with van der Waals surface area (Å²) in [5, 5.41) is 21.8. The molecule has 0 unspecified atom stereocenters. The second-order valence-electron chi connectivity index (χ2n) is 7.17. The maximum Gasteiger partial charge on any atom is 0.280 e. The summed E-state index contributed by atoms with van der Waals surface area (Å²) in [5.74, 6) is -2.01. The molecule has 0 radical (unpaired) electrons. The summed E-state index contributed by atoms with van der Waals surface area (Å²) in [6, 6.07) is -0.209. The summed E-state index contributed by atoms with van der Waals surface area (Å²) < 4.78 is 5.83. The summed E-state index contributed by atoms with van der Waals surface area (Å²) in [7, 11) is 0.